The third-order valence-corrected chi connectivity index (χ3v) is 7.56. The van der Waals surface area contributed by atoms with Gasteiger partial charge in [0.15, 0.2) is 0 Å². The zero-order valence-corrected chi connectivity index (χ0v) is 26.7. The number of furan rings is 1. The normalized spacial score (nSPS) is 13.4. The van der Waals surface area contributed by atoms with Crippen molar-refractivity contribution in [3.63, 3.8) is 0 Å². The molecule has 0 unspecified atom stereocenters. The first-order valence-electron chi connectivity index (χ1n) is 17.2. The van der Waals surface area contributed by atoms with Gasteiger partial charge in [-0.05, 0) is 65.3 Å². The van der Waals surface area contributed by atoms with Crippen LogP contribution in [0, 0.1) is 32.8 Å². The van der Waals surface area contributed by atoms with Gasteiger partial charge in [0.05, 0.1) is 0 Å². The molecule has 221 valence electrons. The number of rotatable bonds is 3. The van der Waals surface area contributed by atoms with Gasteiger partial charge in [0.25, 0.3) is 0 Å². The van der Waals surface area contributed by atoms with Gasteiger partial charge in [0.1, 0.15) is 11.2 Å². The molecule has 0 amide bonds. The molecule has 0 aliphatic heterocycles. The molecule has 0 saturated heterocycles. The number of nitrogens with zero attached hydrogens (tertiary/aromatic N) is 2. The SMILES string of the molecule is Cc1ccnc(-c2[c-]ccc(-c3cccc4c3ccc3oc5ccccc5c34)c2)c1.[2H]C([2H])([2H])c1c[c-]c(-c2ccc(C([2H])([2H])[2H])cn2)cc1.[Ir]. The monoisotopic (exact) mass is 765 g/mol. The molecule has 3 nitrogen and oxygen atoms in total. The third kappa shape index (κ3) is 6.21. The predicted octanol–water partition coefficient (Wildman–Crippen LogP) is 10.7. The molecular formula is C41H30IrN2O-2. The van der Waals surface area contributed by atoms with Crippen molar-refractivity contribution < 1.29 is 32.7 Å². The molecule has 0 aliphatic rings. The van der Waals surface area contributed by atoms with Crippen molar-refractivity contribution >= 4 is 32.7 Å². The van der Waals surface area contributed by atoms with Gasteiger partial charge in [0.2, 0.25) is 0 Å². The fourth-order valence-corrected chi connectivity index (χ4v) is 5.44. The van der Waals surface area contributed by atoms with Gasteiger partial charge in [-0.3, -0.25) is 0 Å². The Morgan fingerprint density at radius 3 is 2.31 bits per heavy atom. The van der Waals surface area contributed by atoms with Crippen molar-refractivity contribution in [1.29, 1.82) is 0 Å². The molecule has 0 bridgehead atoms. The molecule has 0 atom stereocenters. The molecule has 0 N–H and O–H groups in total. The summed E-state index contributed by atoms with van der Waals surface area (Å²) < 4.78 is 49.7. The largest absolute Gasteiger partial charge is 0.456 e. The fourth-order valence-electron chi connectivity index (χ4n) is 5.44. The number of para-hydroxylation sites is 1. The van der Waals surface area contributed by atoms with Crippen LogP contribution in [0.3, 0.4) is 0 Å². The van der Waals surface area contributed by atoms with Crippen LogP contribution in [0.1, 0.15) is 24.9 Å². The van der Waals surface area contributed by atoms with Crippen LogP contribution in [-0.4, -0.2) is 9.97 Å². The number of aryl methyl sites for hydroxylation is 3. The smallest absolute Gasteiger partial charge is 0.136 e. The number of benzene rings is 5. The van der Waals surface area contributed by atoms with E-state index in [0.717, 1.165) is 33.4 Å². The Morgan fingerprint density at radius 2 is 1.51 bits per heavy atom. The van der Waals surface area contributed by atoms with Crippen molar-refractivity contribution in [3.05, 3.63) is 156 Å². The molecule has 8 aromatic rings. The fraction of sp³-hybridized carbons (Fsp3) is 0.0732. The van der Waals surface area contributed by atoms with Crippen molar-refractivity contribution in [2.24, 2.45) is 0 Å². The molecule has 1 radical (unpaired) electrons. The Kier molecular flexibility index (Phi) is 6.78. The molecule has 0 spiro atoms. The van der Waals surface area contributed by atoms with Crippen LogP contribution >= 0.6 is 0 Å². The summed E-state index contributed by atoms with van der Waals surface area (Å²) in [6.45, 7) is -2.26. The molecule has 0 fully saturated rings. The van der Waals surface area contributed by atoms with E-state index in [4.69, 9.17) is 12.6 Å². The quantitative estimate of drug-likeness (QED) is 0.168. The maximum absolute atomic E-state index is 7.28. The Morgan fingerprint density at radius 1 is 0.644 bits per heavy atom. The maximum Gasteiger partial charge on any atom is 0.136 e. The van der Waals surface area contributed by atoms with E-state index in [-0.39, 0.29) is 31.2 Å². The summed E-state index contributed by atoms with van der Waals surface area (Å²) in [7, 11) is 0. The van der Waals surface area contributed by atoms with Gasteiger partial charge < -0.3 is 14.4 Å². The molecule has 3 aromatic heterocycles. The van der Waals surface area contributed by atoms with E-state index in [1.54, 1.807) is 12.1 Å². The van der Waals surface area contributed by atoms with Gasteiger partial charge in [-0.15, -0.1) is 70.8 Å². The van der Waals surface area contributed by atoms with Crippen LogP contribution in [0.25, 0.3) is 66.4 Å². The van der Waals surface area contributed by atoms with Crippen molar-refractivity contribution in [3.8, 4) is 33.6 Å². The van der Waals surface area contributed by atoms with Crippen molar-refractivity contribution in [2.45, 2.75) is 20.6 Å². The maximum atomic E-state index is 7.28. The topological polar surface area (TPSA) is 38.9 Å². The number of aromatic nitrogens is 2. The number of fused-ring (bicyclic) bond motifs is 5. The van der Waals surface area contributed by atoms with E-state index in [0.29, 0.717) is 11.3 Å². The second kappa shape index (κ2) is 13.0. The average Bonchev–Trinajstić information content (AvgIpc) is 3.50. The summed E-state index contributed by atoms with van der Waals surface area (Å²) in [4.78, 5) is 8.61. The molecule has 45 heavy (non-hydrogen) atoms. The van der Waals surface area contributed by atoms with Crippen LogP contribution in [0.4, 0.5) is 0 Å². The number of pyridine rings is 2. The summed E-state index contributed by atoms with van der Waals surface area (Å²) >= 11 is 0. The minimum Gasteiger partial charge on any atom is -0.456 e. The predicted molar refractivity (Wildman–Crippen MR) is 181 cm³/mol. The molecule has 0 aliphatic carbocycles. The van der Waals surface area contributed by atoms with E-state index >= 15 is 0 Å². The minimum atomic E-state index is -2.18. The third-order valence-electron chi connectivity index (χ3n) is 7.56. The van der Waals surface area contributed by atoms with Gasteiger partial charge in [-0.1, -0.05) is 73.1 Å². The minimum absolute atomic E-state index is 0. The first-order valence-corrected chi connectivity index (χ1v) is 14.2. The first-order chi connectivity index (χ1) is 24.0. The summed E-state index contributed by atoms with van der Waals surface area (Å²) in [5.41, 5.74) is 8.89. The molecule has 0 saturated carbocycles. The van der Waals surface area contributed by atoms with Crippen LogP contribution < -0.4 is 0 Å². The van der Waals surface area contributed by atoms with Crippen molar-refractivity contribution in [1.82, 2.24) is 9.97 Å². The zero-order chi connectivity index (χ0) is 35.0. The van der Waals surface area contributed by atoms with Crippen LogP contribution in [-0.2, 0) is 20.1 Å². The number of hydrogen-bond donors (Lipinski definition) is 0. The van der Waals surface area contributed by atoms with E-state index in [1.807, 2.05) is 30.5 Å². The Bertz CT molecular complexity index is 2410. The second-order valence-electron chi connectivity index (χ2n) is 10.6. The standard InChI is InChI=1S/C28H18NO.C13H12N.Ir/c1-18-14-15-29-25(16-18)20-7-4-6-19(17-20)21-9-5-10-23-22(21)12-13-27-28(23)24-8-2-3-11-26(24)30-27;1-10-3-6-12(7-4-10)13-8-5-11(2)9-14-13;/h2-6,8-17H,1H3;3-6,8-9H,1-2H3;/q2*-1;/i;1D3,2D3;. The zero-order valence-electron chi connectivity index (χ0n) is 30.3. The summed E-state index contributed by atoms with van der Waals surface area (Å²) in [5.74, 6) is 0. The Balaban J connectivity index is 0.000000188. The number of hydrogen-bond acceptors (Lipinski definition) is 3. The van der Waals surface area contributed by atoms with Gasteiger partial charge >= 0.3 is 0 Å². The molecule has 4 heteroatoms. The van der Waals surface area contributed by atoms with E-state index in [2.05, 4.69) is 89.7 Å². The molecule has 8 rings (SSSR count). The van der Waals surface area contributed by atoms with Gasteiger partial charge in [0, 0.05) is 51.5 Å². The van der Waals surface area contributed by atoms with Crippen LogP contribution in [0.2, 0.25) is 0 Å². The molecule has 5 aromatic carbocycles. The molecule has 3 heterocycles. The Labute approximate surface area is 285 Å². The van der Waals surface area contributed by atoms with Gasteiger partial charge in [-0.2, -0.15) is 0 Å². The van der Waals surface area contributed by atoms with E-state index in [1.165, 1.54) is 51.7 Å². The molecular weight excluding hydrogens is 729 g/mol. The van der Waals surface area contributed by atoms with Crippen LogP contribution in [0.5, 0.6) is 0 Å². The summed E-state index contributed by atoms with van der Waals surface area (Å²) in [6.07, 6.45) is 3.15. The average molecular weight is 765 g/mol. The summed E-state index contributed by atoms with van der Waals surface area (Å²) in [5, 5.41) is 4.75. The Hall–Kier alpha value is -4.89. The first kappa shape index (κ1) is 23.5. The van der Waals surface area contributed by atoms with E-state index in [9.17, 15) is 0 Å². The van der Waals surface area contributed by atoms with Crippen molar-refractivity contribution in [2.75, 3.05) is 0 Å². The van der Waals surface area contributed by atoms with Crippen LogP contribution in [0.15, 0.2) is 132 Å². The second-order valence-corrected chi connectivity index (χ2v) is 10.6. The van der Waals surface area contributed by atoms with Gasteiger partial charge in [-0.25, -0.2) is 0 Å². The van der Waals surface area contributed by atoms with E-state index < -0.39 is 13.7 Å². The summed E-state index contributed by atoms with van der Waals surface area (Å²) in [6, 6.07) is 43.1.